The molecule has 20 heteroatoms. The Kier molecular flexibility index (Phi) is 28.1. The summed E-state index contributed by atoms with van der Waals surface area (Å²) in [5, 5.41) is 4.29. The lowest BCUT2D eigenvalue weighted by Crippen LogP contribution is -3.18. The number of halogens is 4. The maximum Gasteiger partial charge on any atom is 0.322 e. The molecule has 0 aliphatic rings. The van der Waals surface area contributed by atoms with Gasteiger partial charge in [-0.1, -0.05) is 31.9 Å². The zero-order valence-corrected chi connectivity index (χ0v) is 43.9. The molecule has 0 fully saturated rings. The zero-order valence-electron chi connectivity index (χ0n) is 40.8. The second-order valence-electron chi connectivity index (χ2n) is 18.9. The monoisotopic (exact) mass is 1050 g/mol. The molecule has 16 nitrogen and oxygen atoms in total. The van der Waals surface area contributed by atoms with E-state index in [1.54, 1.807) is 41.5 Å². The molecular weight excluding hydrogens is 974 g/mol. The molecule has 374 valence electrons. The van der Waals surface area contributed by atoms with Crippen LogP contribution in [0.4, 0.5) is 8.78 Å². The van der Waals surface area contributed by atoms with E-state index >= 15 is 0 Å². The maximum absolute atomic E-state index is 14.4. The van der Waals surface area contributed by atoms with Gasteiger partial charge >= 0.3 is 23.9 Å². The summed E-state index contributed by atoms with van der Waals surface area (Å²) in [4.78, 5) is 78.1. The van der Waals surface area contributed by atoms with Crippen molar-refractivity contribution in [1.82, 2.24) is 10.6 Å². The number of rotatable bonds is 33. The van der Waals surface area contributed by atoms with Crippen molar-refractivity contribution in [2.45, 2.75) is 155 Å². The van der Waals surface area contributed by atoms with E-state index in [0.717, 1.165) is 0 Å². The number of hydrogen-bond donors (Lipinski definition) is 4. The van der Waals surface area contributed by atoms with Gasteiger partial charge in [0.05, 0.1) is 61.4 Å². The average Bonchev–Trinajstić information content (AvgIpc) is 3.17. The first kappa shape index (κ1) is 61.5. The Morgan fingerprint density at radius 3 is 1.03 bits per heavy atom. The number of nitrogens with one attached hydrogen (secondary N) is 4. The zero-order chi connectivity index (χ0) is 49.6. The molecule has 0 spiro atoms. The molecule has 0 aromatic rings. The summed E-state index contributed by atoms with van der Waals surface area (Å²) in [6, 6.07) is 1.48. The Hall–Kier alpha value is -2.52. The highest BCUT2D eigenvalue weighted by Gasteiger charge is 2.44. The second-order valence-corrected chi connectivity index (χ2v) is 22.4. The van der Waals surface area contributed by atoms with Crippen LogP contribution in [0.1, 0.15) is 110 Å². The summed E-state index contributed by atoms with van der Waals surface area (Å²) in [7, 11) is 0. The fraction of sp³-hybridized carbons (Fsp3) is 0.864. The fourth-order valence-electron chi connectivity index (χ4n) is 7.20. The molecule has 64 heavy (non-hydrogen) atoms. The number of carbonyl (C=O) groups excluding carboxylic acids is 6. The van der Waals surface area contributed by atoms with Gasteiger partial charge in [0.2, 0.25) is 12.3 Å². The van der Waals surface area contributed by atoms with Gasteiger partial charge in [0.15, 0.2) is 0 Å². The van der Waals surface area contributed by atoms with Gasteiger partial charge in [-0.3, -0.25) is 28.8 Å². The minimum Gasteiger partial charge on any atom is -0.463 e. The van der Waals surface area contributed by atoms with Gasteiger partial charge in [0, 0.05) is 13.1 Å². The van der Waals surface area contributed by atoms with Crippen LogP contribution in [0.2, 0.25) is 0 Å². The second kappa shape index (κ2) is 29.3. The van der Waals surface area contributed by atoms with Crippen molar-refractivity contribution in [3.05, 3.63) is 0 Å². The van der Waals surface area contributed by atoms with Gasteiger partial charge in [-0.15, -0.1) is 0 Å². The predicted molar refractivity (Wildman–Crippen MR) is 245 cm³/mol. The molecule has 4 N–H and O–H groups in total. The van der Waals surface area contributed by atoms with Crippen molar-refractivity contribution in [2.24, 2.45) is 10.8 Å². The number of ether oxygens (including phenoxy) is 6. The maximum atomic E-state index is 14.4. The highest BCUT2D eigenvalue weighted by molar-refractivity contribution is 9.10. The van der Waals surface area contributed by atoms with Gasteiger partial charge in [0.25, 0.3) is 11.8 Å². The molecule has 4 atom stereocenters. The van der Waals surface area contributed by atoms with Crippen LogP contribution in [0.3, 0.4) is 0 Å². The van der Waals surface area contributed by atoms with Gasteiger partial charge in [-0.05, 0) is 110 Å². The van der Waals surface area contributed by atoms with E-state index in [-0.39, 0.29) is 78.8 Å². The van der Waals surface area contributed by atoms with Gasteiger partial charge in [-0.25, -0.2) is 8.78 Å². The molecule has 0 rings (SSSR count). The van der Waals surface area contributed by atoms with Crippen molar-refractivity contribution in [3.8, 4) is 0 Å². The Morgan fingerprint density at radius 2 is 0.750 bits per heavy atom. The molecule has 0 heterocycles. The van der Waals surface area contributed by atoms with E-state index < -0.39 is 67.5 Å². The molecular formula is C44H80Br2F2N4O12+2. The normalized spacial score (nSPS) is 15.2. The number of alkyl halides is 4. The number of quaternary nitrogens is 2. The van der Waals surface area contributed by atoms with Crippen molar-refractivity contribution in [1.29, 1.82) is 0 Å². The van der Waals surface area contributed by atoms with Crippen molar-refractivity contribution < 1.29 is 75.8 Å². The van der Waals surface area contributed by atoms with Crippen molar-refractivity contribution in [3.63, 3.8) is 0 Å². The lowest BCUT2D eigenvalue weighted by molar-refractivity contribution is -0.942. The van der Waals surface area contributed by atoms with Crippen LogP contribution in [0.5, 0.6) is 0 Å². The number of amides is 2. The highest BCUT2D eigenvalue weighted by atomic mass is 79.9. The Morgan fingerprint density at radius 1 is 0.469 bits per heavy atom. The molecule has 0 saturated carbocycles. The topological polar surface area (TPSA) is 191 Å². The first-order valence-corrected chi connectivity index (χ1v) is 23.8. The van der Waals surface area contributed by atoms with E-state index in [0.29, 0.717) is 37.3 Å². The average molecular weight is 1050 g/mol. The van der Waals surface area contributed by atoms with Crippen molar-refractivity contribution >= 4 is 67.6 Å². The number of hydrogen-bond acceptors (Lipinski definition) is 12. The van der Waals surface area contributed by atoms with E-state index in [9.17, 15) is 37.5 Å². The Balaban J connectivity index is 4.42. The SMILES string of the molecule is CC(C)[NH+](CCOC(=O)C(C)(Br)CC(C)(C)C(=O)OCCOCCNC(=O)C(F)C(F)C(=O)NCCOCCOC(=O)C(C)(C)CC(C)(Br)C(=O)OCC[NH+](C(C)C)C(C)C)C(C)C. The minimum absolute atomic E-state index is 0.0579. The summed E-state index contributed by atoms with van der Waals surface area (Å²) in [5.41, 5.74) is -2.12. The van der Waals surface area contributed by atoms with Crippen LogP contribution < -0.4 is 20.4 Å². The van der Waals surface area contributed by atoms with Gasteiger partial charge < -0.3 is 48.9 Å². The fourth-order valence-corrected chi connectivity index (χ4v) is 8.83. The molecule has 0 aliphatic heterocycles. The molecule has 0 aromatic heterocycles. The Labute approximate surface area is 397 Å². The summed E-state index contributed by atoms with van der Waals surface area (Å²) >= 11 is 6.85. The van der Waals surface area contributed by atoms with E-state index in [2.05, 4.69) is 97.9 Å². The largest absolute Gasteiger partial charge is 0.463 e. The van der Waals surface area contributed by atoms with Crippen LogP contribution >= 0.6 is 31.9 Å². The Bertz CT molecular complexity index is 1350. The van der Waals surface area contributed by atoms with Gasteiger partial charge in [0.1, 0.15) is 48.2 Å². The standard InChI is InChI=1S/C44H78Br2F2N4O12/c1-29(2)51(30(3)4)17-21-61-39(57)43(13,45)27-41(9,10)37(55)63-25-23-59-19-15-49-35(53)33(47)34(48)36(54)50-16-20-60-24-26-64-38(56)42(11,12)28-44(14,46)40(58)62-22-18-52(31(5)6)32(7)8/h29-34H,15-28H2,1-14H3,(H,49,53)(H,50,54)/p+2. The van der Waals surface area contributed by atoms with Crippen LogP contribution in [-0.2, 0) is 57.2 Å². The minimum atomic E-state index is -2.79. The van der Waals surface area contributed by atoms with Crippen molar-refractivity contribution in [2.75, 3.05) is 79.0 Å². The van der Waals surface area contributed by atoms with E-state index in [1.165, 1.54) is 9.80 Å². The quantitative estimate of drug-likeness (QED) is 0.0326. The smallest absolute Gasteiger partial charge is 0.322 e. The first-order valence-electron chi connectivity index (χ1n) is 22.2. The third-order valence-electron chi connectivity index (χ3n) is 10.5. The lowest BCUT2D eigenvalue weighted by Gasteiger charge is -2.31. The third-order valence-corrected chi connectivity index (χ3v) is 11.7. The highest BCUT2D eigenvalue weighted by Crippen LogP contribution is 2.37. The molecule has 0 bridgehead atoms. The van der Waals surface area contributed by atoms with E-state index in [4.69, 9.17) is 28.4 Å². The summed E-state index contributed by atoms with van der Waals surface area (Å²) in [6.07, 6.45) is -5.38. The van der Waals surface area contributed by atoms with Crippen LogP contribution in [0, 0.1) is 10.8 Å². The molecule has 0 aromatic carbocycles. The van der Waals surface area contributed by atoms with Crippen LogP contribution in [0.25, 0.3) is 0 Å². The first-order chi connectivity index (χ1) is 29.4. The van der Waals surface area contributed by atoms with Gasteiger partial charge in [-0.2, -0.15) is 0 Å². The predicted octanol–water partition coefficient (Wildman–Crippen LogP) is 2.64. The van der Waals surface area contributed by atoms with Crippen LogP contribution in [0.15, 0.2) is 0 Å². The third kappa shape index (κ3) is 23.3. The lowest BCUT2D eigenvalue weighted by atomic mass is 9.83. The number of carbonyl (C=O) groups is 6. The molecule has 0 radical (unpaired) electrons. The molecule has 2 amide bonds. The van der Waals surface area contributed by atoms with E-state index in [1.807, 2.05) is 0 Å². The number of esters is 4. The summed E-state index contributed by atoms with van der Waals surface area (Å²) in [6.45, 7) is 27.5. The molecule has 0 saturated heterocycles. The molecule has 4 unspecified atom stereocenters. The summed E-state index contributed by atoms with van der Waals surface area (Å²) in [5.74, 6) is -4.81. The molecule has 0 aliphatic carbocycles. The summed E-state index contributed by atoms with van der Waals surface area (Å²) < 4.78 is 58.9. The van der Waals surface area contributed by atoms with Crippen LogP contribution in [-0.4, -0.2) is 160 Å².